The lowest BCUT2D eigenvalue weighted by atomic mass is 10.1. The predicted molar refractivity (Wildman–Crippen MR) is 59.6 cm³/mol. The summed E-state index contributed by atoms with van der Waals surface area (Å²) in [5.41, 5.74) is 0.643. The van der Waals surface area contributed by atoms with Crippen LogP contribution in [0.1, 0.15) is 18.4 Å². The Balaban J connectivity index is 1.74. The van der Waals surface area contributed by atoms with Gasteiger partial charge in [-0.1, -0.05) is 18.2 Å². The van der Waals surface area contributed by atoms with E-state index in [4.69, 9.17) is 9.47 Å². The van der Waals surface area contributed by atoms with Crippen molar-refractivity contribution in [1.82, 2.24) is 0 Å². The van der Waals surface area contributed by atoms with Gasteiger partial charge in [-0.2, -0.15) is 0 Å². The lowest BCUT2D eigenvalue weighted by Gasteiger charge is -2.28. The first kappa shape index (κ1) is 10.1. The second kappa shape index (κ2) is 3.75. The molecular formula is C13H16O3. The molecule has 1 aromatic rings. The highest BCUT2D eigenvalue weighted by molar-refractivity contribution is 5.35. The Hall–Kier alpha value is -1.06. The molecule has 0 amide bonds. The summed E-state index contributed by atoms with van der Waals surface area (Å²) in [4.78, 5) is 0. The van der Waals surface area contributed by atoms with E-state index in [1.54, 1.807) is 0 Å². The van der Waals surface area contributed by atoms with Crippen molar-refractivity contribution < 1.29 is 14.6 Å². The largest absolute Gasteiger partial charge is 0.485 e. The van der Waals surface area contributed by atoms with Crippen LogP contribution in [0.15, 0.2) is 24.3 Å². The van der Waals surface area contributed by atoms with Crippen molar-refractivity contribution in [3.63, 3.8) is 0 Å². The summed E-state index contributed by atoms with van der Waals surface area (Å²) in [6.07, 6.45) is 2.72. The Morgan fingerprint density at radius 3 is 2.69 bits per heavy atom. The summed E-state index contributed by atoms with van der Waals surface area (Å²) in [5, 5.41) is 9.93. The van der Waals surface area contributed by atoms with Gasteiger partial charge in [-0.3, -0.25) is 0 Å². The highest BCUT2D eigenvalue weighted by atomic mass is 16.6. The first-order valence-electron chi connectivity index (χ1n) is 5.80. The summed E-state index contributed by atoms with van der Waals surface area (Å²) >= 11 is 0. The quantitative estimate of drug-likeness (QED) is 0.836. The zero-order chi connectivity index (χ0) is 11.0. The molecule has 1 saturated heterocycles. The Kier molecular flexibility index (Phi) is 2.37. The van der Waals surface area contributed by atoms with E-state index in [0.29, 0.717) is 19.6 Å². The molecule has 1 aliphatic carbocycles. The van der Waals surface area contributed by atoms with Gasteiger partial charge in [-0.05, 0) is 24.5 Å². The van der Waals surface area contributed by atoms with Gasteiger partial charge in [0.25, 0.3) is 0 Å². The van der Waals surface area contributed by atoms with Gasteiger partial charge in [0.05, 0.1) is 18.8 Å². The number of ether oxygens (including phenoxy) is 2. The highest BCUT2D eigenvalue weighted by Gasteiger charge is 2.40. The Morgan fingerprint density at radius 1 is 1.31 bits per heavy atom. The molecule has 0 atom stereocenters. The molecule has 1 saturated carbocycles. The molecule has 0 spiro atoms. The number of para-hydroxylation sites is 1. The van der Waals surface area contributed by atoms with Gasteiger partial charge < -0.3 is 14.6 Å². The molecule has 0 bridgehead atoms. The number of aliphatic hydroxyl groups is 1. The van der Waals surface area contributed by atoms with E-state index in [0.717, 1.165) is 24.2 Å². The summed E-state index contributed by atoms with van der Waals surface area (Å²) in [6.45, 7) is 1.36. The Bertz CT molecular complexity index is 381. The van der Waals surface area contributed by atoms with Crippen LogP contribution < -0.4 is 4.74 Å². The highest BCUT2D eigenvalue weighted by Crippen LogP contribution is 2.40. The van der Waals surface area contributed by atoms with Crippen molar-refractivity contribution in [3.8, 4) is 5.75 Å². The smallest absolute Gasteiger partial charge is 0.145 e. The predicted octanol–water partition coefficient (Wildman–Crippen LogP) is 1.53. The third kappa shape index (κ3) is 2.06. The first-order chi connectivity index (χ1) is 7.75. The molecule has 3 rings (SSSR count). The second-order valence-electron chi connectivity index (χ2n) is 4.79. The Labute approximate surface area is 95.0 Å². The van der Waals surface area contributed by atoms with Gasteiger partial charge in [0.2, 0.25) is 0 Å². The van der Waals surface area contributed by atoms with Crippen molar-refractivity contribution in [2.45, 2.75) is 31.0 Å². The van der Waals surface area contributed by atoms with Crippen molar-refractivity contribution in [2.75, 3.05) is 13.2 Å². The second-order valence-corrected chi connectivity index (χ2v) is 4.79. The SMILES string of the molecule is OC1(Cc2ccccc2OC2COC2)CC1. The van der Waals surface area contributed by atoms with E-state index in [-0.39, 0.29) is 6.10 Å². The molecule has 1 heterocycles. The van der Waals surface area contributed by atoms with Crippen LogP contribution in [0.4, 0.5) is 0 Å². The lowest BCUT2D eigenvalue weighted by molar-refractivity contribution is -0.0801. The van der Waals surface area contributed by atoms with E-state index in [2.05, 4.69) is 0 Å². The first-order valence-corrected chi connectivity index (χ1v) is 5.80. The standard InChI is InChI=1S/C13H16O3/c14-13(5-6-13)7-10-3-1-2-4-12(10)16-11-8-15-9-11/h1-4,11,14H,5-9H2. The summed E-state index contributed by atoms with van der Waals surface area (Å²) in [5.74, 6) is 0.899. The van der Waals surface area contributed by atoms with Gasteiger partial charge in [0, 0.05) is 6.42 Å². The maximum atomic E-state index is 9.93. The van der Waals surface area contributed by atoms with Crippen LogP contribution in [0, 0.1) is 0 Å². The minimum absolute atomic E-state index is 0.190. The molecule has 1 aliphatic heterocycles. The van der Waals surface area contributed by atoms with Crippen molar-refractivity contribution >= 4 is 0 Å². The average Bonchev–Trinajstić information content (AvgIpc) is 2.92. The molecule has 1 aromatic carbocycles. The number of benzene rings is 1. The van der Waals surface area contributed by atoms with Gasteiger partial charge in [0.15, 0.2) is 0 Å². The van der Waals surface area contributed by atoms with Crippen molar-refractivity contribution in [3.05, 3.63) is 29.8 Å². The number of hydrogen-bond acceptors (Lipinski definition) is 3. The molecule has 1 N–H and O–H groups in total. The summed E-state index contributed by atoms with van der Waals surface area (Å²) in [7, 11) is 0. The fourth-order valence-electron chi connectivity index (χ4n) is 1.90. The van der Waals surface area contributed by atoms with E-state index < -0.39 is 5.60 Å². The van der Waals surface area contributed by atoms with Crippen LogP contribution in [-0.2, 0) is 11.2 Å². The van der Waals surface area contributed by atoms with Gasteiger partial charge in [-0.15, -0.1) is 0 Å². The minimum Gasteiger partial charge on any atom is -0.485 e. The van der Waals surface area contributed by atoms with E-state index in [1.165, 1.54) is 0 Å². The topological polar surface area (TPSA) is 38.7 Å². The molecule has 2 aliphatic rings. The molecule has 0 unspecified atom stereocenters. The fraction of sp³-hybridized carbons (Fsp3) is 0.538. The van der Waals surface area contributed by atoms with Gasteiger partial charge in [0.1, 0.15) is 11.9 Å². The zero-order valence-electron chi connectivity index (χ0n) is 9.19. The lowest BCUT2D eigenvalue weighted by Crippen LogP contribution is -2.38. The molecule has 0 radical (unpaired) electrons. The fourth-order valence-corrected chi connectivity index (χ4v) is 1.90. The van der Waals surface area contributed by atoms with E-state index in [1.807, 2.05) is 24.3 Å². The average molecular weight is 220 g/mol. The molecule has 86 valence electrons. The monoisotopic (exact) mass is 220 g/mol. The maximum absolute atomic E-state index is 9.93. The molecule has 2 fully saturated rings. The van der Waals surface area contributed by atoms with Crippen LogP contribution in [0.2, 0.25) is 0 Å². The van der Waals surface area contributed by atoms with E-state index in [9.17, 15) is 5.11 Å². The summed E-state index contributed by atoms with van der Waals surface area (Å²) < 4.78 is 10.9. The van der Waals surface area contributed by atoms with Gasteiger partial charge in [-0.25, -0.2) is 0 Å². The Morgan fingerprint density at radius 2 is 2.06 bits per heavy atom. The van der Waals surface area contributed by atoms with Crippen LogP contribution in [0.3, 0.4) is 0 Å². The third-order valence-corrected chi connectivity index (χ3v) is 3.22. The molecule has 3 heteroatoms. The zero-order valence-corrected chi connectivity index (χ0v) is 9.19. The summed E-state index contributed by atoms with van der Waals surface area (Å²) in [6, 6.07) is 7.96. The van der Waals surface area contributed by atoms with Gasteiger partial charge >= 0.3 is 0 Å². The van der Waals surface area contributed by atoms with Crippen LogP contribution in [0.25, 0.3) is 0 Å². The van der Waals surface area contributed by atoms with Crippen LogP contribution in [-0.4, -0.2) is 30.0 Å². The number of rotatable bonds is 4. The molecular weight excluding hydrogens is 204 g/mol. The maximum Gasteiger partial charge on any atom is 0.145 e. The molecule has 3 nitrogen and oxygen atoms in total. The van der Waals surface area contributed by atoms with Crippen molar-refractivity contribution in [2.24, 2.45) is 0 Å². The molecule has 0 aromatic heterocycles. The normalized spacial score (nSPS) is 22.6. The van der Waals surface area contributed by atoms with Crippen LogP contribution in [0.5, 0.6) is 5.75 Å². The minimum atomic E-state index is -0.463. The van der Waals surface area contributed by atoms with E-state index >= 15 is 0 Å². The molecule has 16 heavy (non-hydrogen) atoms. The number of hydrogen-bond donors (Lipinski definition) is 1. The third-order valence-electron chi connectivity index (χ3n) is 3.22. The van der Waals surface area contributed by atoms with Crippen molar-refractivity contribution in [1.29, 1.82) is 0 Å². The van der Waals surface area contributed by atoms with Crippen LogP contribution >= 0.6 is 0 Å².